The number of aryl methyl sites for hydroxylation is 2. The number of carboxylic acids is 1. The van der Waals surface area contributed by atoms with E-state index in [-0.39, 0.29) is 30.2 Å². The topological polar surface area (TPSA) is 188 Å². The Morgan fingerprint density at radius 1 is 0.746 bits per heavy atom. The van der Waals surface area contributed by atoms with Gasteiger partial charge in [-0.05, 0) is 86.1 Å². The molecular formula is C41H40N12O4S2. The average Bonchev–Trinajstić information content (AvgIpc) is 4.05. The van der Waals surface area contributed by atoms with Gasteiger partial charge in [-0.25, -0.2) is 29.0 Å². The number of hydrogen-bond donors (Lipinski definition) is 3. The number of hydrogen-bond acceptors (Lipinski definition) is 13. The van der Waals surface area contributed by atoms with Crippen molar-refractivity contribution in [2.24, 2.45) is 11.8 Å². The first kappa shape index (κ1) is 38.0. The fraction of sp³-hybridized carbons (Fsp3) is 0.293. The molecule has 10 rings (SSSR count). The van der Waals surface area contributed by atoms with Gasteiger partial charge >= 0.3 is 5.97 Å². The van der Waals surface area contributed by atoms with Crippen LogP contribution in [0.4, 0.5) is 23.0 Å². The van der Waals surface area contributed by atoms with Gasteiger partial charge < -0.3 is 25.5 Å². The first-order chi connectivity index (χ1) is 28.6. The van der Waals surface area contributed by atoms with Crippen molar-refractivity contribution in [3.8, 4) is 0 Å². The number of aliphatic carboxylic acids is 1. The van der Waals surface area contributed by atoms with E-state index in [0.717, 1.165) is 78.6 Å². The molecule has 8 aromatic heterocycles. The number of aromatic nitrogens is 8. The van der Waals surface area contributed by atoms with Crippen LogP contribution >= 0.6 is 22.7 Å². The van der Waals surface area contributed by atoms with Crippen LogP contribution in [-0.4, -0.2) is 99.5 Å². The summed E-state index contributed by atoms with van der Waals surface area (Å²) in [6.07, 6.45) is 14.6. The summed E-state index contributed by atoms with van der Waals surface area (Å²) in [4.78, 5) is 61.4. The quantitative estimate of drug-likeness (QED) is 0.162. The van der Waals surface area contributed by atoms with Crippen molar-refractivity contribution in [1.82, 2.24) is 49.0 Å². The molecule has 0 spiro atoms. The molecule has 2 aliphatic carbocycles. The molecule has 0 aromatic carbocycles. The van der Waals surface area contributed by atoms with Gasteiger partial charge in [-0.2, -0.15) is 10.2 Å². The number of thiophene rings is 2. The summed E-state index contributed by atoms with van der Waals surface area (Å²) in [5.41, 5.74) is 6.26. The minimum Gasteiger partial charge on any atom is -0.481 e. The predicted octanol–water partition coefficient (Wildman–Crippen LogP) is 6.01. The van der Waals surface area contributed by atoms with Gasteiger partial charge in [0.1, 0.15) is 34.0 Å². The number of carbonyl (C=O) groups excluding carboxylic acids is 2. The number of anilines is 4. The van der Waals surface area contributed by atoms with Crippen LogP contribution in [0.25, 0.3) is 31.5 Å². The molecule has 2 atom stereocenters. The van der Waals surface area contributed by atoms with Crippen LogP contribution in [0.1, 0.15) is 33.7 Å². The van der Waals surface area contributed by atoms with Crippen molar-refractivity contribution in [3.05, 3.63) is 94.7 Å². The average molecular weight is 829 g/mol. The summed E-state index contributed by atoms with van der Waals surface area (Å²) in [7, 11) is 5.10. The molecule has 0 saturated heterocycles. The summed E-state index contributed by atoms with van der Waals surface area (Å²) >= 11 is 3.21. The lowest BCUT2D eigenvalue weighted by atomic mass is 9.87. The van der Waals surface area contributed by atoms with Gasteiger partial charge in [0.25, 0.3) is 0 Å². The Labute approximate surface area is 345 Å². The van der Waals surface area contributed by atoms with E-state index in [1.807, 2.05) is 53.3 Å². The lowest BCUT2D eigenvalue weighted by molar-refractivity contribution is -0.142. The minimum atomic E-state index is -0.716. The Morgan fingerprint density at radius 3 is 1.76 bits per heavy atom. The minimum absolute atomic E-state index is 0.0202. The molecule has 2 amide bonds. The maximum Gasteiger partial charge on any atom is 0.306 e. The number of pyridine rings is 2. The monoisotopic (exact) mass is 828 g/mol. The Morgan fingerprint density at radius 2 is 1.25 bits per heavy atom. The maximum absolute atomic E-state index is 13.0. The van der Waals surface area contributed by atoms with E-state index in [9.17, 15) is 19.5 Å². The third-order valence-corrected chi connectivity index (χ3v) is 13.3. The molecule has 3 N–H and O–H groups in total. The molecule has 8 aromatic rings. The van der Waals surface area contributed by atoms with Gasteiger partial charge in [0.15, 0.2) is 0 Å². The highest BCUT2D eigenvalue weighted by atomic mass is 32.1. The molecule has 0 bridgehead atoms. The number of fused-ring (bicyclic) bond motifs is 8. The second kappa shape index (κ2) is 15.7. The second-order valence-electron chi connectivity index (χ2n) is 15.0. The molecule has 0 unspecified atom stereocenters. The van der Waals surface area contributed by atoms with Gasteiger partial charge in [-0.1, -0.05) is 0 Å². The zero-order chi connectivity index (χ0) is 40.8. The van der Waals surface area contributed by atoms with Crippen molar-refractivity contribution >= 4 is 94.9 Å². The molecule has 300 valence electrons. The molecule has 16 nitrogen and oxygen atoms in total. The summed E-state index contributed by atoms with van der Waals surface area (Å²) in [6, 6.07) is 11.9. The number of carboxylic acid groups (broad SMARTS) is 1. The first-order valence-electron chi connectivity index (χ1n) is 19.2. The molecule has 59 heavy (non-hydrogen) atoms. The fourth-order valence-electron chi connectivity index (χ4n) is 7.84. The van der Waals surface area contributed by atoms with Gasteiger partial charge in [0.05, 0.1) is 34.3 Å². The molecule has 18 heteroatoms. The Bertz CT molecular complexity index is 2900. The molecule has 2 aliphatic rings. The van der Waals surface area contributed by atoms with Crippen molar-refractivity contribution in [2.75, 3.05) is 38.3 Å². The second-order valence-corrected chi connectivity index (χ2v) is 17.2. The molecule has 0 fully saturated rings. The molecule has 0 radical (unpaired) electrons. The normalized spacial score (nSPS) is 16.0. The van der Waals surface area contributed by atoms with Crippen LogP contribution in [0.15, 0.2) is 73.8 Å². The molecule has 0 saturated carbocycles. The fourth-order valence-corrected chi connectivity index (χ4v) is 10.4. The molecule has 8 heterocycles. The highest BCUT2D eigenvalue weighted by Crippen LogP contribution is 2.42. The van der Waals surface area contributed by atoms with Crippen molar-refractivity contribution < 1.29 is 19.5 Å². The standard InChI is InChI=1S/C23H25N7O2S.C18H15N5O2S/c1-28(2)19(31)12-29(3)23(32)14-4-5-17-18(10-14)33-22-20(17)21(24-13-25-22)27-15-7-9-30-16(11-15)6-8-26-30;24-18(25)10-1-2-13-14(7-10)26-17-15(13)16(19-9-20-17)22-11-4-6-23-12(8-11)3-5-21-23/h6-9,11,13-14H,4-5,10,12H2,1-3H3,(H,24,25,27);3-6,8-10H,1-2,7H2,(H,24,25)(H,19,20,22)/t14-;10-/m00/s1. The molecular weight excluding hydrogens is 789 g/mol. The van der Waals surface area contributed by atoms with Crippen molar-refractivity contribution in [1.29, 1.82) is 0 Å². The van der Waals surface area contributed by atoms with E-state index in [1.165, 1.54) is 20.9 Å². The van der Waals surface area contributed by atoms with E-state index in [1.54, 1.807) is 78.3 Å². The van der Waals surface area contributed by atoms with Crippen LogP contribution in [0.5, 0.6) is 0 Å². The van der Waals surface area contributed by atoms with Crippen LogP contribution in [-0.2, 0) is 40.1 Å². The van der Waals surface area contributed by atoms with Gasteiger partial charge in [0.2, 0.25) is 11.8 Å². The van der Waals surface area contributed by atoms with Crippen LogP contribution < -0.4 is 10.6 Å². The van der Waals surface area contributed by atoms with E-state index in [2.05, 4.69) is 40.8 Å². The highest BCUT2D eigenvalue weighted by molar-refractivity contribution is 7.19. The van der Waals surface area contributed by atoms with Crippen molar-refractivity contribution in [3.63, 3.8) is 0 Å². The number of rotatable bonds is 8. The van der Waals surface area contributed by atoms with Gasteiger partial charge in [0, 0.05) is 73.0 Å². The maximum atomic E-state index is 13.0. The smallest absolute Gasteiger partial charge is 0.306 e. The Kier molecular flexibility index (Phi) is 10.1. The first-order valence-corrected chi connectivity index (χ1v) is 20.8. The highest BCUT2D eigenvalue weighted by Gasteiger charge is 2.32. The van der Waals surface area contributed by atoms with Crippen LogP contribution in [0.2, 0.25) is 0 Å². The number of carbonyl (C=O) groups is 3. The summed E-state index contributed by atoms with van der Waals surface area (Å²) in [5.74, 6) is 0.344. The number of nitrogens with one attached hydrogen (secondary N) is 2. The van der Waals surface area contributed by atoms with E-state index < -0.39 is 5.97 Å². The number of nitrogens with zero attached hydrogens (tertiary/aromatic N) is 10. The summed E-state index contributed by atoms with van der Waals surface area (Å²) in [5, 5.41) is 26.7. The van der Waals surface area contributed by atoms with Crippen LogP contribution in [0.3, 0.4) is 0 Å². The third-order valence-electron chi connectivity index (χ3n) is 11.0. The lowest BCUT2D eigenvalue weighted by Crippen LogP contribution is -2.41. The van der Waals surface area contributed by atoms with E-state index in [4.69, 9.17) is 0 Å². The zero-order valence-electron chi connectivity index (χ0n) is 32.5. The van der Waals surface area contributed by atoms with Crippen molar-refractivity contribution in [2.45, 2.75) is 38.5 Å². The number of amides is 2. The Balaban J connectivity index is 0.000000156. The largest absolute Gasteiger partial charge is 0.481 e. The van der Waals surface area contributed by atoms with Gasteiger partial charge in [-0.15, -0.1) is 22.7 Å². The molecule has 0 aliphatic heterocycles. The number of likely N-dealkylation sites (N-methyl/N-ethyl adjacent to an activating group) is 2. The predicted molar refractivity (Wildman–Crippen MR) is 227 cm³/mol. The zero-order valence-corrected chi connectivity index (χ0v) is 34.1. The van der Waals surface area contributed by atoms with Gasteiger partial charge in [-0.3, -0.25) is 14.4 Å². The SMILES string of the molecule is CN(C)C(=O)CN(C)C(=O)[C@H]1CCc2c(sc3ncnc(Nc4ccn5nccc5c4)c23)C1.O=C(O)[C@H]1CCc2c(sc3ncnc(Nc4ccn5nccc5c4)c23)C1. The van der Waals surface area contributed by atoms with E-state index >= 15 is 0 Å². The van der Waals surface area contributed by atoms with Crippen LogP contribution in [0, 0.1) is 11.8 Å². The summed E-state index contributed by atoms with van der Waals surface area (Å²) < 4.78 is 3.62. The lowest BCUT2D eigenvalue weighted by Gasteiger charge is -2.27. The van der Waals surface area contributed by atoms with E-state index in [0.29, 0.717) is 19.3 Å². The summed E-state index contributed by atoms with van der Waals surface area (Å²) in [6.45, 7) is 0.0999. The Hall–Kier alpha value is -6.53. The third kappa shape index (κ3) is 7.51.